The largest absolute Gasteiger partial charge is 0.416 e. The summed E-state index contributed by atoms with van der Waals surface area (Å²) in [5.41, 5.74) is -2.26. The van der Waals surface area contributed by atoms with Crippen LogP contribution in [0.5, 0.6) is 0 Å². The number of piperidine rings is 2. The first kappa shape index (κ1) is 34.7. The molecule has 3 unspecified atom stereocenters. The minimum absolute atomic E-state index is 0.0207. The zero-order valence-electron chi connectivity index (χ0n) is 24.9. The number of likely N-dealkylation sites (tertiary alicyclic amines) is 1. The van der Waals surface area contributed by atoms with Gasteiger partial charge >= 0.3 is 12.4 Å². The maximum absolute atomic E-state index is 14.0. The second-order valence-electron chi connectivity index (χ2n) is 11.9. The Balaban J connectivity index is 1.60. The van der Waals surface area contributed by atoms with E-state index in [1.807, 2.05) is 0 Å². The normalized spacial score (nSPS) is 21.9. The van der Waals surface area contributed by atoms with E-state index in [-0.39, 0.29) is 43.6 Å². The number of carbonyl (C=O) groups excluding carboxylic acids is 2. The van der Waals surface area contributed by atoms with Crippen molar-refractivity contribution in [2.75, 3.05) is 39.5 Å². The Bertz CT molecular complexity index is 1510. The van der Waals surface area contributed by atoms with Gasteiger partial charge in [-0.15, -0.1) is 0 Å². The fourth-order valence-electron chi connectivity index (χ4n) is 6.27. The lowest BCUT2D eigenvalue weighted by atomic mass is 9.78. The summed E-state index contributed by atoms with van der Waals surface area (Å²) in [4.78, 5) is 30.0. The predicted molar refractivity (Wildman–Crippen MR) is 151 cm³/mol. The molecule has 0 bridgehead atoms. The highest BCUT2D eigenvalue weighted by Crippen LogP contribution is 2.39. The number of rotatable bonds is 6. The summed E-state index contributed by atoms with van der Waals surface area (Å²) in [6, 6.07) is 5.15. The third-order valence-electron chi connectivity index (χ3n) is 8.52. The van der Waals surface area contributed by atoms with Crippen LogP contribution < -0.4 is 0 Å². The molecule has 0 saturated carbocycles. The number of alkyl halides is 6. The van der Waals surface area contributed by atoms with E-state index < -0.39 is 69.5 Å². The van der Waals surface area contributed by atoms with Crippen LogP contribution in [0.1, 0.15) is 53.0 Å². The molecule has 2 heterocycles. The van der Waals surface area contributed by atoms with Gasteiger partial charge in [0.15, 0.2) is 0 Å². The summed E-state index contributed by atoms with van der Waals surface area (Å²) in [7, 11) is -2.23. The van der Waals surface area contributed by atoms with Crippen LogP contribution in [-0.4, -0.2) is 73.8 Å². The average molecular weight is 666 g/mol. The SMILES string of the molecule is Cc1cc(F)ccc1C1CN(C(=O)C2CCCN(S(C)(=O)=O)C2)CCC1C(=O)N(C)Cc1cc(C(F)(F)F)cc(C(F)(F)F)c1. The van der Waals surface area contributed by atoms with E-state index in [2.05, 4.69) is 0 Å². The Hall–Kier alpha value is -3.20. The number of halogens is 7. The van der Waals surface area contributed by atoms with E-state index in [4.69, 9.17) is 0 Å². The first-order valence-corrected chi connectivity index (χ1v) is 16.1. The molecule has 7 nitrogen and oxygen atoms in total. The van der Waals surface area contributed by atoms with Crippen molar-refractivity contribution in [3.05, 3.63) is 70.0 Å². The molecule has 248 valence electrons. The fraction of sp³-hybridized carbons (Fsp3) is 0.533. The molecular weight excluding hydrogens is 631 g/mol. The molecule has 2 saturated heterocycles. The molecule has 0 N–H and O–H groups in total. The number of amides is 2. The molecule has 2 fully saturated rings. The van der Waals surface area contributed by atoms with E-state index in [0.717, 1.165) is 11.2 Å². The van der Waals surface area contributed by atoms with Crippen LogP contribution >= 0.6 is 0 Å². The molecule has 4 rings (SSSR count). The maximum Gasteiger partial charge on any atom is 0.416 e. The van der Waals surface area contributed by atoms with Crippen molar-refractivity contribution in [1.82, 2.24) is 14.1 Å². The van der Waals surface area contributed by atoms with Gasteiger partial charge in [-0.05, 0) is 73.2 Å². The van der Waals surface area contributed by atoms with Gasteiger partial charge in [-0.25, -0.2) is 17.1 Å². The van der Waals surface area contributed by atoms with Crippen LogP contribution in [0.15, 0.2) is 36.4 Å². The van der Waals surface area contributed by atoms with Gasteiger partial charge in [0, 0.05) is 51.6 Å². The van der Waals surface area contributed by atoms with Gasteiger partial charge in [0.25, 0.3) is 0 Å². The number of hydrogen-bond acceptors (Lipinski definition) is 4. The Labute approximate surface area is 257 Å². The first-order valence-electron chi connectivity index (χ1n) is 14.3. The number of sulfonamides is 1. The monoisotopic (exact) mass is 665 g/mol. The van der Waals surface area contributed by atoms with Crippen LogP contribution in [-0.2, 0) is 38.5 Å². The van der Waals surface area contributed by atoms with Crippen LogP contribution in [0.2, 0.25) is 0 Å². The van der Waals surface area contributed by atoms with Crippen LogP contribution in [0.4, 0.5) is 30.7 Å². The molecule has 0 spiro atoms. The maximum atomic E-state index is 14.0. The minimum atomic E-state index is -5.04. The number of nitrogens with zero attached hydrogens (tertiary/aromatic N) is 3. The average Bonchev–Trinajstić information content (AvgIpc) is 2.94. The van der Waals surface area contributed by atoms with Crippen molar-refractivity contribution >= 4 is 21.8 Å². The molecule has 15 heteroatoms. The van der Waals surface area contributed by atoms with Gasteiger partial charge in [-0.1, -0.05) is 6.07 Å². The lowest BCUT2D eigenvalue weighted by Crippen LogP contribution is -2.51. The second-order valence-corrected chi connectivity index (χ2v) is 13.8. The first-order chi connectivity index (χ1) is 20.8. The summed E-state index contributed by atoms with van der Waals surface area (Å²) in [5.74, 6) is -3.44. The third kappa shape index (κ3) is 8.15. The van der Waals surface area contributed by atoms with Gasteiger partial charge in [0.1, 0.15) is 5.82 Å². The van der Waals surface area contributed by atoms with E-state index >= 15 is 0 Å². The van der Waals surface area contributed by atoms with Crippen molar-refractivity contribution in [3.8, 4) is 0 Å². The fourth-order valence-corrected chi connectivity index (χ4v) is 7.18. The van der Waals surface area contributed by atoms with Gasteiger partial charge in [-0.2, -0.15) is 26.3 Å². The minimum Gasteiger partial charge on any atom is -0.342 e. The van der Waals surface area contributed by atoms with Crippen molar-refractivity contribution in [1.29, 1.82) is 0 Å². The standard InChI is InChI=1S/C30H34F7N3O4S/c1-18-11-23(31)6-7-24(18)26-17-39(27(41)20-5-4-9-40(16-20)45(3,43)44)10-8-25(26)28(42)38(2)15-19-12-21(29(32,33)34)14-22(13-19)30(35,36)37/h6-7,11-14,20,25-26H,4-5,8-10,15-17H2,1-3H3. The smallest absolute Gasteiger partial charge is 0.342 e. The van der Waals surface area contributed by atoms with Crippen molar-refractivity contribution in [2.24, 2.45) is 11.8 Å². The van der Waals surface area contributed by atoms with Crippen molar-refractivity contribution in [2.45, 2.75) is 51.0 Å². The molecule has 0 radical (unpaired) electrons. The van der Waals surface area contributed by atoms with Crippen LogP contribution in [0.3, 0.4) is 0 Å². The van der Waals surface area contributed by atoms with E-state index in [1.54, 1.807) is 11.8 Å². The molecule has 2 aliphatic rings. The number of carbonyl (C=O) groups is 2. The van der Waals surface area contributed by atoms with Gasteiger partial charge < -0.3 is 9.80 Å². The van der Waals surface area contributed by atoms with E-state index in [1.165, 1.54) is 29.6 Å². The number of aryl methyl sites for hydroxylation is 1. The zero-order chi connectivity index (χ0) is 33.5. The summed E-state index contributed by atoms with van der Waals surface area (Å²) in [5, 5.41) is 0. The zero-order valence-corrected chi connectivity index (χ0v) is 25.7. The number of hydrogen-bond donors (Lipinski definition) is 0. The highest BCUT2D eigenvalue weighted by molar-refractivity contribution is 7.88. The molecule has 45 heavy (non-hydrogen) atoms. The third-order valence-corrected chi connectivity index (χ3v) is 9.79. The van der Waals surface area contributed by atoms with Gasteiger partial charge in [-0.3, -0.25) is 9.59 Å². The highest BCUT2D eigenvalue weighted by atomic mass is 32.2. The summed E-state index contributed by atoms with van der Waals surface area (Å²) < 4.78 is 120. The molecule has 2 aliphatic heterocycles. The van der Waals surface area contributed by atoms with Gasteiger partial charge in [0.2, 0.25) is 21.8 Å². The van der Waals surface area contributed by atoms with Crippen LogP contribution in [0, 0.1) is 24.6 Å². The molecule has 2 aromatic carbocycles. The molecule has 3 atom stereocenters. The molecule has 0 aromatic heterocycles. The quantitative estimate of drug-likeness (QED) is 0.386. The molecule has 2 aromatic rings. The molecule has 2 amide bonds. The lowest BCUT2D eigenvalue weighted by Gasteiger charge is -2.42. The molecular formula is C30H34F7N3O4S. The highest BCUT2D eigenvalue weighted by Gasteiger charge is 2.42. The Morgan fingerprint density at radius 2 is 1.56 bits per heavy atom. The Morgan fingerprint density at radius 3 is 2.11 bits per heavy atom. The van der Waals surface area contributed by atoms with E-state index in [0.29, 0.717) is 42.6 Å². The molecule has 0 aliphatic carbocycles. The Morgan fingerprint density at radius 1 is 0.933 bits per heavy atom. The van der Waals surface area contributed by atoms with E-state index in [9.17, 15) is 48.7 Å². The summed E-state index contributed by atoms with van der Waals surface area (Å²) in [6.07, 6.45) is -7.92. The Kier molecular flexibility index (Phi) is 9.93. The van der Waals surface area contributed by atoms with Crippen LogP contribution in [0.25, 0.3) is 0 Å². The topological polar surface area (TPSA) is 78.0 Å². The van der Waals surface area contributed by atoms with Crippen molar-refractivity contribution < 1.29 is 48.7 Å². The van der Waals surface area contributed by atoms with Gasteiger partial charge in [0.05, 0.1) is 23.3 Å². The number of benzene rings is 2. The predicted octanol–water partition coefficient (Wildman–Crippen LogP) is 5.43. The second kappa shape index (κ2) is 12.9. The summed E-state index contributed by atoms with van der Waals surface area (Å²) >= 11 is 0. The summed E-state index contributed by atoms with van der Waals surface area (Å²) in [6.45, 7) is 1.58. The lowest BCUT2D eigenvalue weighted by molar-refractivity contribution is -0.144. The van der Waals surface area contributed by atoms with Crippen molar-refractivity contribution in [3.63, 3.8) is 0 Å².